The largest absolute Gasteiger partial charge is 0.341 e. The maximum atomic E-state index is 12.9. The van der Waals surface area contributed by atoms with Crippen LogP contribution in [-0.2, 0) is 9.59 Å². The molecule has 126 valence electrons. The predicted octanol–water partition coefficient (Wildman–Crippen LogP) is 1.75. The maximum Gasteiger partial charge on any atom is 0.245 e. The van der Waals surface area contributed by atoms with Crippen molar-refractivity contribution in [1.82, 2.24) is 9.80 Å². The molecule has 22 heavy (non-hydrogen) atoms. The first-order chi connectivity index (χ1) is 10.5. The first-order valence-electron chi connectivity index (χ1n) is 8.88. The quantitative estimate of drug-likeness (QED) is 0.860. The van der Waals surface area contributed by atoms with Gasteiger partial charge >= 0.3 is 0 Å². The summed E-state index contributed by atoms with van der Waals surface area (Å²) in [6.07, 6.45) is 6.38. The van der Waals surface area contributed by atoms with Crippen LogP contribution < -0.4 is 5.73 Å². The van der Waals surface area contributed by atoms with E-state index in [1.807, 2.05) is 23.6 Å². The molecule has 0 bridgehead atoms. The molecule has 2 heterocycles. The SMILES string of the molecule is CCCC(=O)N1CCCCC1C(=O)N1CCCC(C(C)N)C1. The van der Waals surface area contributed by atoms with Gasteiger partial charge in [0.15, 0.2) is 0 Å². The van der Waals surface area contributed by atoms with Crippen molar-refractivity contribution in [3.8, 4) is 0 Å². The van der Waals surface area contributed by atoms with Crippen LogP contribution in [0.1, 0.15) is 58.8 Å². The Bertz CT molecular complexity index is 397. The van der Waals surface area contributed by atoms with Crippen molar-refractivity contribution >= 4 is 11.8 Å². The highest BCUT2D eigenvalue weighted by molar-refractivity contribution is 5.88. The zero-order valence-corrected chi connectivity index (χ0v) is 14.1. The molecule has 5 nitrogen and oxygen atoms in total. The second-order valence-electron chi connectivity index (χ2n) is 6.89. The first kappa shape index (κ1) is 17.3. The Kier molecular flexibility index (Phi) is 6.24. The summed E-state index contributed by atoms with van der Waals surface area (Å²) in [5, 5.41) is 0. The number of carbonyl (C=O) groups excluding carboxylic acids is 2. The number of carbonyl (C=O) groups is 2. The lowest BCUT2D eigenvalue weighted by atomic mass is 9.91. The van der Waals surface area contributed by atoms with Gasteiger partial charge in [0.25, 0.3) is 0 Å². The summed E-state index contributed by atoms with van der Waals surface area (Å²) in [5.74, 6) is 0.678. The van der Waals surface area contributed by atoms with E-state index in [9.17, 15) is 9.59 Å². The van der Waals surface area contributed by atoms with E-state index in [4.69, 9.17) is 5.73 Å². The van der Waals surface area contributed by atoms with Crippen molar-refractivity contribution < 1.29 is 9.59 Å². The molecule has 3 unspecified atom stereocenters. The number of likely N-dealkylation sites (tertiary alicyclic amines) is 2. The fourth-order valence-corrected chi connectivity index (χ4v) is 3.69. The highest BCUT2D eigenvalue weighted by atomic mass is 16.2. The number of hydrogen-bond donors (Lipinski definition) is 1. The summed E-state index contributed by atoms with van der Waals surface area (Å²) >= 11 is 0. The minimum Gasteiger partial charge on any atom is -0.341 e. The van der Waals surface area contributed by atoms with Gasteiger partial charge in [0.2, 0.25) is 11.8 Å². The van der Waals surface area contributed by atoms with Gasteiger partial charge in [-0.3, -0.25) is 9.59 Å². The van der Waals surface area contributed by atoms with Crippen LogP contribution in [0.3, 0.4) is 0 Å². The van der Waals surface area contributed by atoms with E-state index in [2.05, 4.69) is 0 Å². The molecule has 5 heteroatoms. The van der Waals surface area contributed by atoms with Crippen molar-refractivity contribution in [1.29, 1.82) is 0 Å². The Morgan fingerprint density at radius 2 is 1.95 bits per heavy atom. The fourth-order valence-electron chi connectivity index (χ4n) is 3.69. The van der Waals surface area contributed by atoms with Crippen molar-refractivity contribution in [2.24, 2.45) is 11.7 Å². The summed E-state index contributed by atoms with van der Waals surface area (Å²) in [5.41, 5.74) is 6.02. The van der Waals surface area contributed by atoms with Gasteiger partial charge in [0, 0.05) is 32.1 Å². The molecule has 0 spiro atoms. The van der Waals surface area contributed by atoms with E-state index in [0.717, 1.165) is 58.2 Å². The molecule has 0 aliphatic carbocycles. The van der Waals surface area contributed by atoms with Crippen molar-refractivity contribution in [2.75, 3.05) is 19.6 Å². The van der Waals surface area contributed by atoms with Crippen LogP contribution in [0, 0.1) is 5.92 Å². The zero-order chi connectivity index (χ0) is 16.1. The van der Waals surface area contributed by atoms with E-state index in [1.54, 1.807) is 0 Å². The Morgan fingerprint density at radius 1 is 1.18 bits per heavy atom. The van der Waals surface area contributed by atoms with Crippen LogP contribution in [0.2, 0.25) is 0 Å². The highest BCUT2D eigenvalue weighted by Gasteiger charge is 2.36. The Labute approximate surface area is 134 Å². The molecule has 0 radical (unpaired) electrons. The standard InChI is InChI=1S/C17H31N3O2/c1-3-7-16(21)20-11-5-4-9-15(20)17(22)19-10-6-8-14(12-19)13(2)18/h13-15H,3-12,18H2,1-2H3. The van der Waals surface area contributed by atoms with Crippen LogP contribution in [0.15, 0.2) is 0 Å². The first-order valence-corrected chi connectivity index (χ1v) is 8.88. The van der Waals surface area contributed by atoms with Crippen LogP contribution in [-0.4, -0.2) is 53.3 Å². The minimum absolute atomic E-state index is 0.125. The lowest BCUT2D eigenvalue weighted by molar-refractivity contribution is -0.149. The summed E-state index contributed by atoms with van der Waals surface area (Å²) in [6.45, 7) is 6.34. The molecule has 2 N–H and O–H groups in total. The molecular formula is C17H31N3O2. The molecule has 2 saturated heterocycles. The molecule has 0 aromatic heterocycles. The average molecular weight is 309 g/mol. The molecule has 0 saturated carbocycles. The summed E-state index contributed by atoms with van der Waals surface area (Å²) in [6, 6.07) is -0.112. The number of rotatable bonds is 4. The van der Waals surface area contributed by atoms with Gasteiger partial charge in [0.1, 0.15) is 6.04 Å². The zero-order valence-electron chi connectivity index (χ0n) is 14.1. The lowest BCUT2D eigenvalue weighted by Crippen LogP contribution is -2.55. The van der Waals surface area contributed by atoms with Crippen LogP contribution in [0.4, 0.5) is 0 Å². The Balaban J connectivity index is 2.03. The minimum atomic E-state index is -0.236. The topological polar surface area (TPSA) is 66.6 Å². The van der Waals surface area contributed by atoms with E-state index >= 15 is 0 Å². The fraction of sp³-hybridized carbons (Fsp3) is 0.882. The normalized spacial score (nSPS) is 27.6. The number of nitrogens with two attached hydrogens (primary N) is 1. The predicted molar refractivity (Wildman–Crippen MR) is 87.2 cm³/mol. The maximum absolute atomic E-state index is 12.9. The third kappa shape index (κ3) is 4.00. The molecule has 2 amide bonds. The van der Waals surface area contributed by atoms with Crippen LogP contribution in [0.5, 0.6) is 0 Å². The molecule has 0 aromatic rings. The number of piperidine rings is 2. The van der Waals surface area contributed by atoms with Gasteiger partial charge in [-0.15, -0.1) is 0 Å². The van der Waals surface area contributed by atoms with E-state index in [0.29, 0.717) is 12.3 Å². The third-order valence-corrected chi connectivity index (χ3v) is 5.09. The van der Waals surface area contributed by atoms with E-state index in [-0.39, 0.29) is 23.9 Å². The lowest BCUT2D eigenvalue weighted by Gasteiger charge is -2.41. The van der Waals surface area contributed by atoms with Crippen molar-refractivity contribution in [3.05, 3.63) is 0 Å². The number of amides is 2. The average Bonchev–Trinajstić information content (AvgIpc) is 2.54. The van der Waals surface area contributed by atoms with Gasteiger partial charge < -0.3 is 15.5 Å². The van der Waals surface area contributed by atoms with Gasteiger partial charge in [-0.1, -0.05) is 6.92 Å². The van der Waals surface area contributed by atoms with Gasteiger partial charge in [-0.25, -0.2) is 0 Å². The van der Waals surface area contributed by atoms with Crippen molar-refractivity contribution in [2.45, 2.75) is 70.9 Å². The van der Waals surface area contributed by atoms with Crippen LogP contribution >= 0.6 is 0 Å². The number of nitrogens with zero attached hydrogens (tertiary/aromatic N) is 2. The Morgan fingerprint density at radius 3 is 2.64 bits per heavy atom. The van der Waals surface area contributed by atoms with E-state index < -0.39 is 0 Å². The monoisotopic (exact) mass is 309 g/mol. The molecule has 0 aromatic carbocycles. The van der Waals surface area contributed by atoms with Crippen LogP contribution in [0.25, 0.3) is 0 Å². The second-order valence-corrected chi connectivity index (χ2v) is 6.89. The molecule has 2 aliphatic rings. The summed E-state index contributed by atoms with van der Waals surface area (Å²) in [7, 11) is 0. The molecule has 2 fully saturated rings. The molecule has 2 aliphatic heterocycles. The third-order valence-electron chi connectivity index (χ3n) is 5.09. The number of hydrogen-bond acceptors (Lipinski definition) is 3. The van der Waals surface area contributed by atoms with Gasteiger partial charge in [-0.05, 0) is 51.4 Å². The smallest absolute Gasteiger partial charge is 0.245 e. The molecular weight excluding hydrogens is 278 g/mol. The van der Waals surface area contributed by atoms with Gasteiger partial charge in [-0.2, -0.15) is 0 Å². The summed E-state index contributed by atoms with van der Waals surface area (Å²) < 4.78 is 0. The van der Waals surface area contributed by atoms with Gasteiger partial charge in [0.05, 0.1) is 0 Å². The summed E-state index contributed by atoms with van der Waals surface area (Å²) in [4.78, 5) is 29.0. The molecule has 3 atom stereocenters. The van der Waals surface area contributed by atoms with E-state index in [1.165, 1.54) is 0 Å². The molecule has 2 rings (SSSR count). The Hall–Kier alpha value is -1.10. The second kappa shape index (κ2) is 7.95. The highest BCUT2D eigenvalue weighted by Crippen LogP contribution is 2.24. The van der Waals surface area contributed by atoms with Crippen molar-refractivity contribution in [3.63, 3.8) is 0 Å².